The number of benzene rings is 1. The van der Waals surface area contributed by atoms with Crippen LogP contribution in [0.25, 0.3) is 10.9 Å². The third-order valence-electron chi connectivity index (χ3n) is 3.52. The monoisotopic (exact) mass is 274 g/mol. The second kappa shape index (κ2) is 6.07. The lowest BCUT2D eigenvalue weighted by atomic mass is 10.2. The first-order chi connectivity index (χ1) is 9.85. The zero-order valence-electron chi connectivity index (χ0n) is 11.3. The molecule has 2 heterocycles. The molecule has 0 aliphatic carbocycles. The average molecular weight is 274 g/mol. The number of aromatic nitrogens is 1. The molecule has 106 valence electrons. The largest absolute Gasteiger partial charge is 0.492 e. The maximum atomic E-state index is 10.7. The van der Waals surface area contributed by atoms with Crippen molar-refractivity contribution in [2.24, 2.45) is 0 Å². The van der Waals surface area contributed by atoms with E-state index in [2.05, 4.69) is 9.88 Å². The van der Waals surface area contributed by atoms with Crippen molar-refractivity contribution in [3.63, 3.8) is 0 Å². The van der Waals surface area contributed by atoms with E-state index in [9.17, 15) is 4.79 Å². The van der Waals surface area contributed by atoms with E-state index in [-0.39, 0.29) is 0 Å². The average Bonchev–Trinajstić information content (AvgIpc) is 2.91. The molecule has 5 nitrogen and oxygen atoms in total. The molecule has 0 saturated carbocycles. The van der Waals surface area contributed by atoms with E-state index in [0.717, 1.165) is 55.8 Å². The number of aldehydes is 1. The molecule has 5 heteroatoms. The van der Waals surface area contributed by atoms with Crippen LogP contribution in [0.4, 0.5) is 0 Å². The fraction of sp³-hybridized carbons (Fsp3) is 0.400. The zero-order valence-corrected chi connectivity index (χ0v) is 11.3. The summed E-state index contributed by atoms with van der Waals surface area (Å²) < 4.78 is 11.1. The van der Waals surface area contributed by atoms with Crippen molar-refractivity contribution in [1.29, 1.82) is 0 Å². The number of hydrogen-bond acceptors (Lipinski definition) is 4. The van der Waals surface area contributed by atoms with Gasteiger partial charge in [0.1, 0.15) is 12.4 Å². The highest BCUT2D eigenvalue weighted by atomic mass is 16.5. The normalized spacial score (nSPS) is 16.4. The van der Waals surface area contributed by atoms with Gasteiger partial charge in [0, 0.05) is 30.5 Å². The van der Waals surface area contributed by atoms with E-state index in [1.54, 1.807) is 0 Å². The van der Waals surface area contributed by atoms with Crippen LogP contribution in [0.5, 0.6) is 5.75 Å². The minimum absolute atomic E-state index is 0.588. The molecule has 1 fully saturated rings. The first kappa shape index (κ1) is 13.1. The second-order valence-electron chi connectivity index (χ2n) is 4.89. The van der Waals surface area contributed by atoms with Gasteiger partial charge in [-0.2, -0.15) is 0 Å². The Morgan fingerprint density at radius 1 is 1.30 bits per heavy atom. The summed E-state index contributed by atoms with van der Waals surface area (Å²) in [5.41, 5.74) is 1.54. The molecule has 1 N–H and O–H groups in total. The Kier molecular flexibility index (Phi) is 3.99. The quantitative estimate of drug-likeness (QED) is 0.843. The summed E-state index contributed by atoms with van der Waals surface area (Å²) in [4.78, 5) is 16.1. The van der Waals surface area contributed by atoms with Gasteiger partial charge in [0.05, 0.1) is 18.9 Å². The van der Waals surface area contributed by atoms with Crippen molar-refractivity contribution in [3.8, 4) is 5.75 Å². The zero-order chi connectivity index (χ0) is 13.8. The smallest absolute Gasteiger partial charge is 0.166 e. The number of aromatic amines is 1. The highest BCUT2D eigenvalue weighted by Gasteiger charge is 2.09. The first-order valence-corrected chi connectivity index (χ1v) is 6.86. The Balaban J connectivity index is 1.58. The van der Waals surface area contributed by atoms with Crippen LogP contribution >= 0.6 is 0 Å². The Morgan fingerprint density at radius 2 is 2.15 bits per heavy atom. The number of carbonyl (C=O) groups is 1. The summed E-state index contributed by atoms with van der Waals surface area (Å²) in [6, 6.07) is 7.65. The van der Waals surface area contributed by atoms with Gasteiger partial charge >= 0.3 is 0 Å². The van der Waals surface area contributed by atoms with Crippen molar-refractivity contribution in [2.45, 2.75) is 0 Å². The van der Waals surface area contributed by atoms with Gasteiger partial charge in [-0.25, -0.2) is 0 Å². The van der Waals surface area contributed by atoms with Gasteiger partial charge in [-0.3, -0.25) is 9.69 Å². The van der Waals surface area contributed by atoms with Crippen LogP contribution in [0.15, 0.2) is 24.3 Å². The summed E-state index contributed by atoms with van der Waals surface area (Å²) in [5.74, 6) is 0.835. The van der Waals surface area contributed by atoms with Crippen molar-refractivity contribution in [1.82, 2.24) is 9.88 Å². The number of morpholine rings is 1. The van der Waals surface area contributed by atoms with Crippen molar-refractivity contribution in [3.05, 3.63) is 30.0 Å². The molecule has 0 spiro atoms. The van der Waals surface area contributed by atoms with Crippen molar-refractivity contribution >= 4 is 17.2 Å². The standard InChI is InChI=1S/C15H18N2O3/c18-11-13-9-12-10-14(1-2-15(12)16-13)20-8-5-17-3-6-19-7-4-17/h1-2,9-11,16H,3-8H2. The molecular formula is C15H18N2O3. The molecule has 20 heavy (non-hydrogen) atoms. The van der Waals surface area contributed by atoms with E-state index >= 15 is 0 Å². The summed E-state index contributed by atoms with van der Waals surface area (Å²) in [6.45, 7) is 5.14. The minimum atomic E-state index is 0.588. The molecule has 3 rings (SSSR count). The molecule has 1 saturated heterocycles. The Labute approximate surface area is 117 Å². The summed E-state index contributed by atoms with van der Waals surface area (Å²) >= 11 is 0. The van der Waals surface area contributed by atoms with Gasteiger partial charge in [0.15, 0.2) is 6.29 Å². The molecule has 0 amide bonds. The number of hydrogen-bond donors (Lipinski definition) is 1. The predicted octanol–water partition coefficient (Wildman–Crippen LogP) is 1.69. The van der Waals surface area contributed by atoms with Crippen LogP contribution in [-0.4, -0.2) is 55.6 Å². The Bertz CT molecular complexity index is 588. The molecule has 1 aliphatic heterocycles. The van der Waals surface area contributed by atoms with E-state index in [4.69, 9.17) is 9.47 Å². The van der Waals surface area contributed by atoms with E-state index in [1.807, 2.05) is 24.3 Å². The van der Waals surface area contributed by atoms with Crippen molar-refractivity contribution in [2.75, 3.05) is 39.5 Å². The number of rotatable bonds is 5. The molecule has 1 aliphatic rings. The highest BCUT2D eigenvalue weighted by Crippen LogP contribution is 2.21. The maximum absolute atomic E-state index is 10.7. The lowest BCUT2D eigenvalue weighted by molar-refractivity contribution is 0.0322. The number of ether oxygens (including phenoxy) is 2. The molecule has 2 aromatic rings. The number of carbonyl (C=O) groups excluding carboxylic acids is 1. The third-order valence-corrected chi connectivity index (χ3v) is 3.52. The molecule has 1 aromatic heterocycles. The van der Waals surface area contributed by atoms with Crippen LogP contribution in [0, 0.1) is 0 Å². The van der Waals surface area contributed by atoms with Crippen LogP contribution in [-0.2, 0) is 4.74 Å². The van der Waals surface area contributed by atoms with Gasteiger partial charge in [-0.1, -0.05) is 0 Å². The Morgan fingerprint density at radius 3 is 2.95 bits per heavy atom. The summed E-state index contributed by atoms with van der Waals surface area (Å²) in [7, 11) is 0. The topological polar surface area (TPSA) is 54.6 Å². The lowest BCUT2D eigenvalue weighted by Crippen LogP contribution is -2.38. The fourth-order valence-corrected chi connectivity index (χ4v) is 2.40. The van der Waals surface area contributed by atoms with Gasteiger partial charge < -0.3 is 14.5 Å². The van der Waals surface area contributed by atoms with Gasteiger partial charge in [0.25, 0.3) is 0 Å². The van der Waals surface area contributed by atoms with Gasteiger partial charge in [0.2, 0.25) is 0 Å². The molecule has 0 radical (unpaired) electrons. The fourth-order valence-electron chi connectivity index (χ4n) is 2.40. The van der Waals surface area contributed by atoms with Gasteiger partial charge in [-0.05, 0) is 24.3 Å². The lowest BCUT2D eigenvalue weighted by Gasteiger charge is -2.26. The number of nitrogens with one attached hydrogen (secondary N) is 1. The minimum Gasteiger partial charge on any atom is -0.492 e. The second-order valence-corrected chi connectivity index (χ2v) is 4.89. The number of nitrogens with zero attached hydrogens (tertiary/aromatic N) is 1. The maximum Gasteiger partial charge on any atom is 0.166 e. The van der Waals surface area contributed by atoms with Gasteiger partial charge in [-0.15, -0.1) is 0 Å². The SMILES string of the molecule is O=Cc1cc2cc(OCCN3CCOCC3)ccc2[nH]1. The van der Waals surface area contributed by atoms with Crippen LogP contribution in [0.3, 0.4) is 0 Å². The highest BCUT2D eigenvalue weighted by molar-refractivity contribution is 5.88. The Hall–Kier alpha value is -1.85. The number of fused-ring (bicyclic) bond motifs is 1. The van der Waals surface area contributed by atoms with Crippen LogP contribution in [0.1, 0.15) is 10.5 Å². The van der Waals surface area contributed by atoms with Crippen LogP contribution < -0.4 is 4.74 Å². The van der Waals surface area contributed by atoms with E-state index < -0.39 is 0 Å². The summed E-state index contributed by atoms with van der Waals surface area (Å²) in [5, 5.41) is 0.996. The third kappa shape index (κ3) is 3.00. The van der Waals surface area contributed by atoms with Crippen LogP contribution in [0.2, 0.25) is 0 Å². The van der Waals surface area contributed by atoms with E-state index in [1.165, 1.54) is 0 Å². The van der Waals surface area contributed by atoms with Crippen molar-refractivity contribution < 1.29 is 14.3 Å². The number of H-pyrrole nitrogens is 1. The summed E-state index contributed by atoms with van der Waals surface area (Å²) in [6.07, 6.45) is 0.818. The molecule has 0 unspecified atom stereocenters. The molecule has 0 bridgehead atoms. The molecular weight excluding hydrogens is 256 g/mol. The molecule has 1 aromatic carbocycles. The molecule has 0 atom stereocenters. The predicted molar refractivity (Wildman–Crippen MR) is 76.4 cm³/mol. The van der Waals surface area contributed by atoms with E-state index in [0.29, 0.717) is 12.3 Å². The first-order valence-electron chi connectivity index (χ1n) is 6.86.